The van der Waals surface area contributed by atoms with E-state index in [2.05, 4.69) is 16.4 Å². The van der Waals surface area contributed by atoms with Crippen LogP contribution in [0.2, 0.25) is 0 Å². The van der Waals surface area contributed by atoms with Gasteiger partial charge in [-0.3, -0.25) is 4.79 Å². The van der Waals surface area contributed by atoms with Crippen molar-refractivity contribution < 1.29 is 9.53 Å². The highest BCUT2D eigenvalue weighted by Crippen LogP contribution is 2.23. The van der Waals surface area contributed by atoms with Gasteiger partial charge in [0.25, 0.3) is 0 Å². The minimum atomic E-state index is -0.256. The molecule has 7 heteroatoms. The summed E-state index contributed by atoms with van der Waals surface area (Å²) in [6.45, 7) is 0.989. The molecule has 3 rings (SSSR count). The number of carbonyl (C=O) groups is 1. The van der Waals surface area contributed by atoms with E-state index in [1.54, 1.807) is 17.0 Å². The van der Waals surface area contributed by atoms with Gasteiger partial charge in [0.2, 0.25) is 11.8 Å². The van der Waals surface area contributed by atoms with Gasteiger partial charge in [-0.15, -0.1) is 0 Å². The van der Waals surface area contributed by atoms with Gasteiger partial charge >= 0.3 is 0 Å². The van der Waals surface area contributed by atoms with Crippen LogP contribution in [0.4, 0.5) is 0 Å². The summed E-state index contributed by atoms with van der Waals surface area (Å²) in [6.07, 6.45) is 7.01. The van der Waals surface area contributed by atoms with E-state index in [4.69, 9.17) is 15.3 Å². The van der Waals surface area contributed by atoms with Gasteiger partial charge in [-0.05, 0) is 44.6 Å². The molecule has 2 aliphatic rings. The molecule has 2 fully saturated rings. The lowest BCUT2D eigenvalue weighted by atomic mass is 9.93. The first-order valence-electron chi connectivity index (χ1n) is 9.15. The van der Waals surface area contributed by atoms with E-state index in [1.165, 1.54) is 6.20 Å². The highest BCUT2D eigenvalue weighted by molar-refractivity contribution is 5.79. The second-order valence-corrected chi connectivity index (χ2v) is 6.84. The Morgan fingerprint density at radius 2 is 2.08 bits per heavy atom. The Balaban J connectivity index is 1.39. The molecule has 1 aliphatic heterocycles. The van der Waals surface area contributed by atoms with Gasteiger partial charge in [0.05, 0.1) is 18.2 Å². The Kier molecular flexibility index (Phi) is 6.04. The number of ether oxygens (including phenoxy) is 1. The maximum absolute atomic E-state index is 12.3. The lowest BCUT2D eigenvalue weighted by Gasteiger charge is -2.30. The molecule has 1 atom stereocenters. The lowest BCUT2D eigenvalue weighted by molar-refractivity contribution is -0.130. The number of hydrogen-bond donors (Lipinski definition) is 1. The average Bonchev–Trinajstić information content (AvgIpc) is 3.17. The fraction of sp³-hybridized carbons (Fsp3) is 0.579. The predicted octanol–water partition coefficient (Wildman–Crippen LogP) is 1.75. The Bertz CT molecular complexity index is 698. The van der Waals surface area contributed by atoms with Crippen LogP contribution >= 0.6 is 0 Å². The number of rotatable bonds is 5. The van der Waals surface area contributed by atoms with Gasteiger partial charge in [-0.2, -0.15) is 10.5 Å². The maximum atomic E-state index is 12.3. The van der Waals surface area contributed by atoms with Gasteiger partial charge in [-0.25, -0.2) is 4.98 Å². The number of nitriles is 2. The Labute approximate surface area is 153 Å². The normalized spacial score (nSPS) is 25.3. The number of nitrogens with zero attached hydrogens (tertiary/aromatic N) is 4. The molecule has 26 heavy (non-hydrogen) atoms. The van der Waals surface area contributed by atoms with Crippen LogP contribution in [0, 0.1) is 22.7 Å². The number of carbonyl (C=O) groups excluding carboxylic acids is 1. The van der Waals surface area contributed by atoms with Crippen molar-refractivity contribution in [3.05, 3.63) is 23.9 Å². The molecule has 1 N–H and O–H groups in total. The monoisotopic (exact) mass is 353 g/mol. The topological polar surface area (TPSA) is 102 Å². The summed E-state index contributed by atoms with van der Waals surface area (Å²) in [5, 5.41) is 21.2. The third-order valence-corrected chi connectivity index (χ3v) is 5.09. The number of likely N-dealkylation sites (tertiary alicyclic amines) is 1. The van der Waals surface area contributed by atoms with Crippen molar-refractivity contribution in [2.75, 3.05) is 13.1 Å². The third kappa shape index (κ3) is 4.50. The van der Waals surface area contributed by atoms with Crippen molar-refractivity contribution in [1.29, 1.82) is 10.5 Å². The summed E-state index contributed by atoms with van der Waals surface area (Å²) in [6, 6.07) is 7.72. The number of aromatic nitrogens is 1. The zero-order valence-corrected chi connectivity index (χ0v) is 14.7. The van der Waals surface area contributed by atoms with Gasteiger partial charge in [0.1, 0.15) is 18.2 Å². The van der Waals surface area contributed by atoms with Crippen LogP contribution in [0.5, 0.6) is 5.88 Å². The van der Waals surface area contributed by atoms with E-state index >= 15 is 0 Å². The van der Waals surface area contributed by atoms with E-state index < -0.39 is 0 Å². The molecule has 0 bridgehead atoms. The molecule has 7 nitrogen and oxygen atoms in total. The molecule has 1 amide bonds. The summed E-state index contributed by atoms with van der Waals surface area (Å²) < 4.78 is 5.88. The Morgan fingerprint density at radius 3 is 2.73 bits per heavy atom. The van der Waals surface area contributed by atoms with Crippen molar-refractivity contribution in [2.45, 2.75) is 56.7 Å². The summed E-state index contributed by atoms with van der Waals surface area (Å²) in [5.74, 6) is 0.571. The second kappa shape index (κ2) is 8.64. The average molecular weight is 353 g/mol. The molecule has 0 unspecified atom stereocenters. The van der Waals surface area contributed by atoms with Crippen molar-refractivity contribution in [3.63, 3.8) is 0 Å². The molecule has 1 aromatic rings. The zero-order chi connectivity index (χ0) is 18.4. The highest BCUT2D eigenvalue weighted by Gasteiger charge is 2.29. The quantitative estimate of drug-likeness (QED) is 0.865. The van der Waals surface area contributed by atoms with E-state index in [0.29, 0.717) is 30.6 Å². The maximum Gasteiger partial charge on any atom is 0.237 e. The van der Waals surface area contributed by atoms with Crippen LogP contribution in [0.3, 0.4) is 0 Å². The SMILES string of the molecule is N#Cc1ccc(O[C@H]2CC[C@H](NCC(=O)N3CCC[C@H]3C#N)CC2)nc1. The van der Waals surface area contributed by atoms with E-state index in [-0.39, 0.29) is 18.1 Å². The smallest absolute Gasteiger partial charge is 0.237 e. The van der Waals surface area contributed by atoms with Gasteiger partial charge in [0.15, 0.2) is 0 Å². The molecule has 0 radical (unpaired) electrons. The van der Waals surface area contributed by atoms with Crippen LogP contribution in [0.1, 0.15) is 44.1 Å². The predicted molar refractivity (Wildman–Crippen MR) is 94.0 cm³/mol. The Morgan fingerprint density at radius 1 is 1.27 bits per heavy atom. The van der Waals surface area contributed by atoms with Gasteiger partial charge in [-0.1, -0.05) is 0 Å². The first kappa shape index (κ1) is 18.2. The van der Waals surface area contributed by atoms with Gasteiger partial charge < -0.3 is 15.0 Å². The van der Waals surface area contributed by atoms with Gasteiger partial charge in [0, 0.05) is 24.8 Å². The minimum Gasteiger partial charge on any atom is -0.474 e. The molecular weight excluding hydrogens is 330 g/mol. The van der Waals surface area contributed by atoms with Crippen molar-refractivity contribution in [1.82, 2.24) is 15.2 Å². The standard InChI is InChI=1S/C19H23N5O2/c20-10-14-3-8-18(23-12-14)26-17-6-4-15(5-7-17)22-13-19(25)24-9-1-2-16(24)11-21/h3,8,12,15-17,22H,1-2,4-7,9,13H2/t15-,16-,17-/m0/s1. The number of nitrogens with one attached hydrogen (secondary N) is 1. The second-order valence-electron chi connectivity index (χ2n) is 6.84. The summed E-state index contributed by atoms with van der Waals surface area (Å²) >= 11 is 0. The van der Waals surface area contributed by atoms with Crippen molar-refractivity contribution >= 4 is 5.91 Å². The minimum absolute atomic E-state index is 0.0224. The highest BCUT2D eigenvalue weighted by atomic mass is 16.5. The number of hydrogen-bond acceptors (Lipinski definition) is 6. The summed E-state index contributed by atoms with van der Waals surface area (Å²) in [7, 11) is 0. The van der Waals surface area contributed by atoms with E-state index in [9.17, 15) is 4.79 Å². The van der Waals surface area contributed by atoms with Crippen LogP contribution in [0.15, 0.2) is 18.3 Å². The van der Waals surface area contributed by atoms with Crippen molar-refractivity contribution in [2.24, 2.45) is 0 Å². The molecule has 1 aliphatic carbocycles. The fourth-order valence-electron chi connectivity index (χ4n) is 3.60. The molecule has 1 saturated heterocycles. The molecule has 0 aromatic carbocycles. The first-order valence-corrected chi connectivity index (χ1v) is 9.15. The molecule has 2 heterocycles. The van der Waals surface area contributed by atoms with E-state index in [1.807, 2.05) is 6.07 Å². The molecule has 1 aromatic heterocycles. The number of pyridine rings is 1. The Hall–Kier alpha value is -2.64. The van der Waals surface area contributed by atoms with Crippen LogP contribution in [-0.4, -0.2) is 47.1 Å². The van der Waals surface area contributed by atoms with Crippen molar-refractivity contribution in [3.8, 4) is 18.0 Å². The fourth-order valence-corrected chi connectivity index (χ4v) is 3.60. The first-order chi connectivity index (χ1) is 12.7. The zero-order valence-electron chi connectivity index (χ0n) is 14.7. The van der Waals surface area contributed by atoms with Crippen LogP contribution in [0.25, 0.3) is 0 Å². The van der Waals surface area contributed by atoms with Crippen LogP contribution in [-0.2, 0) is 4.79 Å². The van der Waals surface area contributed by atoms with E-state index in [0.717, 1.165) is 38.5 Å². The molecule has 136 valence electrons. The lowest BCUT2D eigenvalue weighted by Crippen LogP contribution is -2.45. The largest absolute Gasteiger partial charge is 0.474 e. The third-order valence-electron chi connectivity index (χ3n) is 5.09. The summed E-state index contributed by atoms with van der Waals surface area (Å²) in [5.41, 5.74) is 0.520. The number of amides is 1. The molecule has 0 spiro atoms. The van der Waals surface area contributed by atoms with Crippen LogP contribution < -0.4 is 10.1 Å². The summed E-state index contributed by atoms with van der Waals surface area (Å²) in [4.78, 5) is 18.1. The molecular formula is C19H23N5O2. The molecule has 1 saturated carbocycles.